The van der Waals surface area contributed by atoms with Crippen LogP contribution >= 0.6 is 0 Å². The second-order valence-electron chi connectivity index (χ2n) is 4.52. The van der Waals surface area contributed by atoms with Crippen molar-refractivity contribution in [2.24, 2.45) is 5.92 Å². The summed E-state index contributed by atoms with van der Waals surface area (Å²) in [5, 5.41) is 18.1. The minimum absolute atomic E-state index is 0.678. The number of hydrogen-bond donors (Lipinski definition) is 2. The molecule has 0 bridgehead atoms. The number of nitrogens with zero attached hydrogens (tertiary/aromatic N) is 1. The first-order chi connectivity index (χ1) is 7.75. The maximum atomic E-state index is 9.03. The van der Waals surface area contributed by atoms with Crippen molar-refractivity contribution in [1.29, 1.82) is 0 Å². The van der Waals surface area contributed by atoms with Gasteiger partial charge in [0.25, 0.3) is 0 Å². The predicted molar refractivity (Wildman–Crippen MR) is 64.6 cm³/mol. The summed E-state index contributed by atoms with van der Waals surface area (Å²) in [5.74, 6) is 0.678. The van der Waals surface area contributed by atoms with E-state index < -0.39 is 7.25 Å². The lowest BCUT2D eigenvalue weighted by atomic mass is 9.87. The van der Waals surface area contributed by atoms with Crippen LogP contribution in [0.3, 0.4) is 0 Å². The van der Waals surface area contributed by atoms with Gasteiger partial charge < -0.3 is 10.0 Å². The Hall–Kier alpha value is -0.835. The summed E-state index contributed by atoms with van der Waals surface area (Å²) in [5.41, 5.74) is 1.38. The van der Waals surface area contributed by atoms with Gasteiger partial charge in [0.1, 0.15) is 0 Å². The van der Waals surface area contributed by atoms with E-state index in [1.807, 2.05) is 6.07 Å². The Labute approximate surface area is 96.9 Å². The second kappa shape index (κ2) is 5.48. The van der Waals surface area contributed by atoms with E-state index >= 15 is 0 Å². The van der Waals surface area contributed by atoms with Crippen molar-refractivity contribution in [2.45, 2.75) is 19.3 Å². The van der Waals surface area contributed by atoms with Crippen molar-refractivity contribution >= 4 is 7.25 Å². The largest absolute Gasteiger partial charge is 0.552 e. The van der Waals surface area contributed by atoms with Crippen molar-refractivity contribution < 1.29 is 10.0 Å². The zero-order valence-electron chi connectivity index (χ0n) is 9.42. The number of hydrogen-bond acceptors (Lipinski definition) is 3. The van der Waals surface area contributed by atoms with Gasteiger partial charge in [0, 0.05) is 0 Å². The minimum Gasteiger partial charge on any atom is -0.413 e. The maximum Gasteiger partial charge on any atom is 0.552 e. The van der Waals surface area contributed by atoms with Crippen molar-refractivity contribution in [3.05, 3.63) is 35.9 Å². The summed E-state index contributed by atoms with van der Waals surface area (Å²) < 4.78 is 0. The SMILES string of the molecule is OB(O)N1CCC(Cc2ccccc2)CC1. The van der Waals surface area contributed by atoms with Crippen LogP contribution in [-0.4, -0.2) is 35.2 Å². The molecule has 0 aromatic heterocycles. The smallest absolute Gasteiger partial charge is 0.413 e. The van der Waals surface area contributed by atoms with E-state index in [2.05, 4.69) is 24.3 Å². The van der Waals surface area contributed by atoms with Gasteiger partial charge in [-0.15, -0.1) is 0 Å². The first kappa shape index (κ1) is 11.6. The lowest BCUT2D eigenvalue weighted by molar-refractivity contribution is 0.206. The standard InChI is InChI=1S/C12H18BNO2/c15-13(16)14-8-6-12(7-9-14)10-11-4-2-1-3-5-11/h1-5,12,15-16H,6-10H2. The van der Waals surface area contributed by atoms with Crippen LogP contribution in [-0.2, 0) is 6.42 Å². The molecule has 1 fully saturated rings. The molecule has 0 saturated carbocycles. The van der Waals surface area contributed by atoms with E-state index in [0.717, 1.165) is 32.4 Å². The van der Waals surface area contributed by atoms with Gasteiger partial charge in [-0.05, 0) is 43.8 Å². The lowest BCUT2D eigenvalue weighted by Crippen LogP contribution is -2.45. The molecular formula is C12H18BNO2. The summed E-state index contributed by atoms with van der Waals surface area (Å²) in [6.07, 6.45) is 3.20. The highest BCUT2D eigenvalue weighted by Gasteiger charge is 2.26. The van der Waals surface area contributed by atoms with E-state index in [9.17, 15) is 0 Å². The average molecular weight is 219 g/mol. The van der Waals surface area contributed by atoms with Crippen LogP contribution in [0.5, 0.6) is 0 Å². The van der Waals surface area contributed by atoms with E-state index in [-0.39, 0.29) is 0 Å². The quantitative estimate of drug-likeness (QED) is 0.742. The van der Waals surface area contributed by atoms with Crippen LogP contribution in [0.15, 0.2) is 30.3 Å². The fourth-order valence-corrected chi connectivity index (χ4v) is 2.34. The van der Waals surface area contributed by atoms with Crippen molar-refractivity contribution in [3.8, 4) is 0 Å². The number of piperidine rings is 1. The number of benzene rings is 1. The van der Waals surface area contributed by atoms with E-state index in [4.69, 9.17) is 10.0 Å². The van der Waals surface area contributed by atoms with E-state index in [0.29, 0.717) is 5.92 Å². The summed E-state index contributed by atoms with van der Waals surface area (Å²) in [6, 6.07) is 10.5. The lowest BCUT2D eigenvalue weighted by Gasteiger charge is -2.31. The van der Waals surface area contributed by atoms with Crippen LogP contribution in [0.4, 0.5) is 0 Å². The van der Waals surface area contributed by atoms with Crippen LogP contribution in [0.25, 0.3) is 0 Å². The Morgan fingerprint density at radius 1 is 1.12 bits per heavy atom. The molecule has 1 aliphatic rings. The fraction of sp³-hybridized carbons (Fsp3) is 0.500. The Morgan fingerprint density at radius 3 is 2.31 bits per heavy atom. The van der Waals surface area contributed by atoms with E-state index in [1.54, 1.807) is 4.81 Å². The molecule has 2 rings (SSSR count). The average Bonchev–Trinajstić information content (AvgIpc) is 2.31. The first-order valence-electron chi connectivity index (χ1n) is 5.90. The van der Waals surface area contributed by atoms with Crippen molar-refractivity contribution in [2.75, 3.05) is 13.1 Å². The van der Waals surface area contributed by atoms with Gasteiger partial charge in [0.05, 0.1) is 0 Å². The Balaban J connectivity index is 1.82. The third kappa shape index (κ3) is 3.08. The zero-order chi connectivity index (χ0) is 11.4. The van der Waals surface area contributed by atoms with Gasteiger partial charge in [-0.1, -0.05) is 30.3 Å². The molecule has 1 aromatic rings. The second-order valence-corrected chi connectivity index (χ2v) is 4.52. The molecular weight excluding hydrogens is 201 g/mol. The van der Waals surface area contributed by atoms with Gasteiger partial charge in [-0.25, -0.2) is 0 Å². The molecule has 0 unspecified atom stereocenters. The number of rotatable bonds is 3. The molecule has 3 nitrogen and oxygen atoms in total. The van der Waals surface area contributed by atoms with Crippen LogP contribution in [0.1, 0.15) is 18.4 Å². The topological polar surface area (TPSA) is 43.7 Å². The molecule has 0 aliphatic carbocycles. The van der Waals surface area contributed by atoms with Crippen LogP contribution in [0, 0.1) is 5.92 Å². The van der Waals surface area contributed by atoms with Gasteiger partial charge in [-0.2, -0.15) is 0 Å². The molecule has 0 spiro atoms. The highest BCUT2D eigenvalue weighted by Crippen LogP contribution is 2.21. The molecule has 1 saturated heterocycles. The molecule has 0 atom stereocenters. The summed E-state index contributed by atoms with van der Waals surface area (Å²) in [7, 11) is -1.28. The highest BCUT2D eigenvalue weighted by atomic mass is 16.4. The fourth-order valence-electron chi connectivity index (χ4n) is 2.34. The van der Waals surface area contributed by atoms with Gasteiger partial charge in [-0.3, -0.25) is 4.81 Å². The van der Waals surface area contributed by atoms with Crippen LogP contribution < -0.4 is 0 Å². The van der Waals surface area contributed by atoms with Crippen LogP contribution in [0.2, 0.25) is 0 Å². The van der Waals surface area contributed by atoms with Crippen molar-refractivity contribution in [1.82, 2.24) is 4.81 Å². The molecule has 0 amide bonds. The Kier molecular flexibility index (Phi) is 3.99. The molecule has 1 heterocycles. The summed E-state index contributed by atoms with van der Waals surface area (Å²) >= 11 is 0. The normalized spacial score (nSPS) is 18.6. The monoisotopic (exact) mass is 219 g/mol. The highest BCUT2D eigenvalue weighted by molar-refractivity contribution is 6.37. The Bertz CT molecular complexity index is 310. The van der Waals surface area contributed by atoms with Gasteiger partial charge >= 0.3 is 7.25 Å². The first-order valence-corrected chi connectivity index (χ1v) is 5.90. The third-order valence-electron chi connectivity index (χ3n) is 3.34. The molecule has 4 heteroatoms. The van der Waals surface area contributed by atoms with Gasteiger partial charge in [0.2, 0.25) is 0 Å². The predicted octanol–water partition coefficient (Wildman–Crippen LogP) is 0.911. The summed E-state index contributed by atoms with van der Waals surface area (Å²) in [6.45, 7) is 1.57. The molecule has 2 N–H and O–H groups in total. The van der Waals surface area contributed by atoms with Gasteiger partial charge in [0.15, 0.2) is 0 Å². The molecule has 16 heavy (non-hydrogen) atoms. The molecule has 86 valence electrons. The zero-order valence-corrected chi connectivity index (χ0v) is 9.42. The third-order valence-corrected chi connectivity index (χ3v) is 3.34. The minimum atomic E-state index is -1.28. The summed E-state index contributed by atoms with van der Waals surface area (Å²) in [4.78, 5) is 1.71. The Morgan fingerprint density at radius 2 is 1.75 bits per heavy atom. The molecule has 1 aromatic carbocycles. The van der Waals surface area contributed by atoms with Crippen molar-refractivity contribution in [3.63, 3.8) is 0 Å². The van der Waals surface area contributed by atoms with E-state index in [1.165, 1.54) is 5.56 Å². The maximum absolute atomic E-state index is 9.03. The molecule has 0 radical (unpaired) electrons. The molecule has 1 aliphatic heterocycles.